The summed E-state index contributed by atoms with van der Waals surface area (Å²) in [7, 11) is 0. The summed E-state index contributed by atoms with van der Waals surface area (Å²) in [5.41, 5.74) is 2.11. The lowest BCUT2D eigenvalue weighted by Gasteiger charge is -2.22. The summed E-state index contributed by atoms with van der Waals surface area (Å²) in [5, 5.41) is 0. The molecule has 0 saturated carbocycles. The number of halogens is 1. The third-order valence-corrected chi connectivity index (χ3v) is 6.19. The third-order valence-electron chi connectivity index (χ3n) is 6.19. The fourth-order valence-electron chi connectivity index (χ4n) is 4.11. The van der Waals surface area contributed by atoms with E-state index in [-0.39, 0.29) is 0 Å². The van der Waals surface area contributed by atoms with Crippen LogP contribution in [0.1, 0.15) is 116 Å². The molecule has 0 amide bonds. The second-order valence-electron chi connectivity index (χ2n) is 9.53. The van der Waals surface area contributed by atoms with Crippen molar-refractivity contribution in [1.29, 1.82) is 0 Å². The van der Waals surface area contributed by atoms with Gasteiger partial charge in [-0.1, -0.05) is 84.5 Å². The topological polar surface area (TPSA) is 35.0 Å². The molecule has 2 aromatic rings. The van der Waals surface area contributed by atoms with Crippen molar-refractivity contribution >= 4 is 0 Å². The molecule has 184 valence electrons. The normalized spacial score (nSPS) is 13.1. The first-order valence-electron chi connectivity index (χ1n) is 13.3. The van der Waals surface area contributed by atoms with Gasteiger partial charge in [-0.05, 0) is 49.1 Å². The molecule has 1 atom stereocenters. The van der Waals surface area contributed by atoms with E-state index in [9.17, 15) is 4.39 Å². The first kappa shape index (κ1) is 27.3. The highest BCUT2D eigenvalue weighted by Crippen LogP contribution is 2.27. The Balaban J connectivity index is 1.74. The van der Waals surface area contributed by atoms with Gasteiger partial charge in [0.25, 0.3) is 0 Å². The van der Waals surface area contributed by atoms with Crippen molar-refractivity contribution in [2.45, 2.75) is 123 Å². The average Bonchev–Trinajstić information content (AvgIpc) is 2.81. The molecule has 0 bridgehead atoms. The van der Waals surface area contributed by atoms with E-state index in [1.807, 2.05) is 36.7 Å². The number of hydrogen-bond acceptors (Lipinski definition) is 3. The number of aryl methyl sites for hydroxylation is 1. The number of rotatable bonds is 18. The molecule has 0 saturated heterocycles. The molecule has 0 spiro atoms. The van der Waals surface area contributed by atoms with Crippen molar-refractivity contribution in [1.82, 2.24) is 9.97 Å². The van der Waals surface area contributed by atoms with Gasteiger partial charge >= 0.3 is 0 Å². The van der Waals surface area contributed by atoms with Gasteiger partial charge in [-0.3, -0.25) is 0 Å². The quantitative estimate of drug-likeness (QED) is 0.210. The van der Waals surface area contributed by atoms with Crippen molar-refractivity contribution < 1.29 is 9.13 Å². The van der Waals surface area contributed by atoms with Crippen LogP contribution in [0.2, 0.25) is 0 Å². The van der Waals surface area contributed by atoms with E-state index < -0.39 is 5.85 Å². The van der Waals surface area contributed by atoms with Gasteiger partial charge in [-0.15, -0.1) is 0 Å². The number of aromatic nitrogens is 2. The highest BCUT2D eigenvalue weighted by atomic mass is 19.2. The molecule has 0 aliphatic rings. The van der Waals surface area contributed by atoms with Crippen LogP contribution in [-0.2, 0) is 6.42 Å². The van der Waals surface area contributed by atoms with Crippen molar-refractivity contribution in [3.63, 3.8) is 0 Å². The van der Waals surface area contributed by atoms with Crippen LogP contribution in [0.5, 0.6) is 5.75 Å². The Labute approximate surface area is 201 Å². The van der Waals surface area contributed by atoms with Crippen LogP contribution in [0.15, 0.2) is 36.7 Å². The first-order chi connectivity index (χ1) is 16.0. The molecule has 0 aliphatic heterocycles. The number of alkyl halides is 1. The minimum Gasteiger partial charge on any atom is -0.458 e. The van der Waals surface area contributed by atoms with Crippen LogP contribution in [0, 0.1) is 0 Å². The van der Waals surface area contributed by atoms with Gasteiger partial charge in [0.05, 0.1) is 0 Å². The van der Waals surface area contributed by atoms with Crippen molar-refractivity contribution in [3.05, 3.63) is 42.2 Å². The SMILES string of the molecule is CCCCCCCCCc1cnc(-c2ccc(OC(C)(F)CCCCCCCC)cc2)nc1. The summed E-state index contributed by atoms with van der Waals surface area (Å²) >= 11 is 0. The number of ether oxygens (including phenoxy) is 1. The predicted octanol–water partition coefficient (Wildman–Crippen LogP) is 9.25. The molecule has 1 heterocycles. The number of nitrogens with zero attached hydrogens (tertiary/aromatic N) is 2. The van der Waals surface area contributed by atoms with Gasteiger partial charge in [0.1, 0.15) is 5.75 Å². The first-order valence-corrected chi connectivity index (χ1v) is 13.3. The Bertz CT molecular complexity index is 743. The Kier molecular flexibility index (Phi) is 13.1. The molecule has 3 nitrogen and oxygen atoms in total. The van der Waals surface area contributed by atoms with E-state index in [0.29, 0.717) is 18.0 Å². The van der Waals surface area contributed by atoms with Gasteiger partial charge in [-0.2, -0.15) is 4.39 Å². The van der Waals surface area contributed by atoms with Crippen LogP contribution >= 0.6 is 0 Å². The van der Waals surface area contributed by atoms with Gasteiger partial charge in [-0.25, -0.2) is 9.97 Å². The molecular weight excluding hydrogens is 411 g/mol. The fraction of sp³-hybridized carbons (Fsp3) is 0.655. The average molecular weight is 457 g/mol. The summed E-state index contributed by atoms with van der Waals surface area (Å²) in [4.78, 5) is 9.08. The third kappa shape index (κ3) is 11.6. The Morgan fingerprint density at radius 2 is 1.24 bits per heavy atom. The minimum absolute atomic E-state index is 0.421. The standard InChI is InChI=1S/C29H45FN2O/c1-4-6-8-10-12-13-15-17-25-23-31-28(32-24-25)26-18-20-27(21-19-26)33-29(3,30)22-16-14-11-9-7-5-2/h18-21,23-24H,4-17,22H2,1-3H3. The second kappa shape index (κ2) is 15.8. The number of unbranched alkanes of at least 4 members (excludes halogenated alkanes) is 11. The minimum atomic E-state index is -1.64. The number of benzene rings is 1. The number of hydrogen-bond donors (Lipinski definition) is 0. The van der Waals surface area contributed by atoms with E-state index in [2.05, 4.69) is 23.8 Å². The zero-order valence-corrected chi connectivity index (χ0v) is 21.3. The van der Waals surface area contributed by atoms with Crippen molar-refractivity contribution in [3.8, 4) is 17.1 Å². The van der Waals surface area contributed by atoms with Crippen LogP contribution in [-0.4, -0.2) is 15.8 Å². The van der Waals surface area contributed by atoms with E-state index in [0.717, 1.165) is 24.8 Å². The molecule has 0 fully saturated rings. The van der Waals surface area contributed by atoms with E-state index in [1.54, 1.807) is 0 Å². The fourth-order valence-corrected chi connectivity index (χ4v) is 4.11. The van der Waals surface area contributed by atoms with Crippen LogP contribution in [0.3, 0.4) is 0 Å². The molecule has 4 heteroatoms. The highest BCUT2D eigenvalue weighted by molar-refractivity contribution is 5.55. The largest absolute Gasteiger partial charge is 0.458 e. The van der Waals surface area contributed by atoms with Gasteiger partial charge < -0.3 is 4.74 Å². The van der Waals surface area contributed by atoms with Crippen LogP contribution < -0.4 is 4.74 Å². The Morgan fingerprint density at radius 1 is 0.727 bits per heavy atom. The second-order valence-corrected chi connectivity index (χ2v) is 9.53. The lowest BCUT2D eigenvalue weighted by Crippen LogP contribution is -2.26. The molecule has 33 heavy (non-hydrogen) atoms. The smallest absolute Gasteiger partial charge is 0.245 e. The van der Waals surface area contributed by atoms with E-state index >= 15 is 0 Å². The van der Waals surface area contributed by atoms with Gasteiger partial charge in [0.2, 0.25) is 5.85 Å². The molecule has 1 aromatic carbocycles. The maximum atomic E-state index is 14.8. The molecule has 2 rings (SSSR count). The van der Waals surface area contributed by atoms with Crippen LogP contribution in [0.25, 0.3) is 11.4 Å². The lowest BCUT2D eigenvalue weighted by atomic mass is 10.1. The van der Waals surface area contributed by atoms with Gasteiger partial charge in [0.15, 0.2) is 5.82 Å². The van der Waals surface area contributed by atoms with Crippen molar-refractivity contribution in [2.24, 2.45) is 0 Å². The lowest BCUT2D eigenvalue weighted by molar-refractivity contribution is -0.0530. The zero-order chi connectivity index (χ0) is 23.8. The summed E-state index contributed by atoms with van der Waals surface area (Å²) in [6.45, 7) is 5.99. The summed E-state index contributed by atoms with van der Waals surface area (Å²) in [6.07, 6.45) is 21.3. The Morgan fingerprint density at radius 3 is 1.82 bits per heavy atom. The van der Waals surface area contributed by atoms with E-state index in [4.69, 9.17) is 4.74 Å². The van der Waals surface area contributed by atoms with Crippen molar-refractivity contribution in [2.75, 3.05) is 0 Å². The molecule has 1 aromatic heterocycles. The molecule has 0 aliphatic carbocycles. The summed E-state index contributed by atoms with van der Waals surface area (Å²) < 4.78 is 20.4. The molecular formula is C29H45FN2O. The summed E-state index contributed by atoms with van der Waals surface area (Å²) in [5.74, 6) is -0.398. The monoisotopic (exact) mass is 456 g/mol. The van der Waals surface area contributed by atoms with Crippen LogP contribution in [0.4, 0.5) is 4.39 Å². The zero-order valence-electron chi connectivity index (χ0n) is 21.3. The van der Waals surface area contributed by atoms with Gasteiger partial charge in [0, 0.05) is 31.3 Å². The molecule has 0 radical (unpaired) electrons. The molecule has 0 N–H and O–H groups in total. The predicted molar refractivity (Wildman–Crippen MR) is 137 cm³/mol. The maximum absolute atomic E-state index is 14.8. The Hall–Kier alpha value is -1.97. The maximum Gasteiger partial charge on any atom is 0.245 e. The van der Waals surface area contributed by atoms with E-state index in [1.165, 1.54) is 83.1 Å². The highest BCUT2D eigenvalue weighted by Gasteiger charge is 2.24. The molecule has 1 unspecified atom stereocenters. The summed E-state index contributed by atoms with van der Waals surface area (Å²) in [6, 6.07) is 7.43.